The number of fused-ring (bicyclic) bond motifs is 2. The highest BCUT2D eigenvalue weighted by atomic mass is 16.1. The van der Waals surface area contributed by atoms with Gasteiger partial charge in [0.25, 0.3) is 5.56 Å². The van der Waals surface area contributed by atoms with Gasteiger partial charge < -0.3 is 5.32 Å². The molecule has 0 aliphatic carbocycles. The molecule has 0 fully saturated rings. The second kappa shape index (κ2) is 3.15. The van der Waals surface area contributed by atoms with E-state index in [0.29, 0.717) is 24.1 Å². The van der Waals surface area contributed by atoms with Crippen LogP contribution in [0.15, 0.2) is 4.79 Å². The average molecular weight is 219 g/mol. The highest BCUT2D eigenvalue weighted by Crippen LogP contribution is 2.12. The van der Waals surface area contributed by atoms with Crippen molar-refractivity contribution in [1.82, 2.24) is 24.6 Å². The molecule has 1 aliphatic rings. The Morgan fingerprint density at radius 3 is 3.06 bits per heavy atom. The number of nitrogens with zero attached hydrogens (tertiary/aromatic N) is 4. The summed E-state index contributed by atoms with van der Waals surface area (Å²) >= 11 is 0. The van der Waals surface area contributed by atoms with E-state index in [1.807, 2.05) is 14.0 Å². The Morgan fingerprint density at radius 1 is 1.44 bits per heavy atom. The second-order valence-corrected chi connectivity index (χ2v) is 4.07. The molecule has 0 unspecified atom stereocenters. The Kier molecular flexibility index (Phi) is 1.88. The van der Waals surface area contributed by atoms with Gasteiger partial charge in [0, 0.05) is 20.1 Å². The number of hydrogen-bond donors (Lipinski definition) is 1. The lowest BCUT2D eigenvalue weighted by Gasteiger charge is -2.18. The van der Waals surface area contributed by atoms with Gasteiger partial charge in [0.05, 0.1) is 12.2 Å². The molecule has 0 bridgehead atoms. The molecule has 3 heterocycles. The van der Waals surface area contributed by atoms with Crippen molar-refractivity contribution in [2.75, 3.05) is 6.54 Å². The second-order valence-electron chi connectivity index (χ2n) is 4.07. The van der Waals surface area contributed by atoms with Crippen LogP contribution in [-0.4, -0.2) is 25.9 Å². The van der Waals surface area contributed by atoms with Gasteiger partial charge in [-0.05, 0) is 6.92 Å². The Hall–Kier alpha value is -1.69. The molecule has 2 aromatic rings. The van der Waals surface area contributed by atoms with Crippen molar-refractivity contribution in [1.29, 1.82) is 0 Å². The monoisotopic (exact) mass is 219 g/mol. The smallest absolute Gasteiger partial charge is 0.265 e. The molecule has 0 saturated carbocycles. The van der Waals surface area contributed by atoms with Crippen LogP contribution < -0.4 is 10.9 Å². The Bertz CT molecular complexity index is 624. The van der Waals surface area contributed by atoms with E-state index >= 15 is 0 Å². The van der Waals surface area contributed by atoms with Crippen LogP contribution in [0.3, 0.4) is 0 Å². The fourth-order valence-corrected chi connectivity index (χ4v) is 2.22. The number of rotatable bonds is 0. The quantitative estimate of drug-likeness (QED) is 0.651. The molecule has 0 amide bonds. The minimum absolute atomic E-state index is 0.0344. The molecule has 0 saturated heterocycles. The summed E-state index contributed by atoms with van der Waals surface area (Å²) in [6.07, 6.45) is 0. The van der Waals surface area contributed by atoms with Crippen LogP contribution in [0, 0.1) is 6.92 Å². The van der Waals surface area contributed by atoms with Crippen LogP contribution in [0.1, 0.15) is 11.5 Å². The standard InChI is InChI=1S/C10H13N5O/c1-6-8-9(14(2)13-6)12-7-5-11-3-4-15(7)10(8)16/h11H,3-5H2,1-2H3. The van der Waals surface area contributed by atoms with E-state index in [2.05, 4.69) is 15.4 Å². The van der Waals surface area contributed by atoms with Gasteiger partial charge in [0.1, 0.15) is 11.2 Å². The van der Waals surface area contributed by atoms with E-state index in [-0.39, 0.29) is 5.56 Å². The van der Waals surface area contributed by atoms with E-state index in [1.165, 1.54) is 0 Å². The lowest BCUT2D eigenvalue weighted by molar-refractivity contribution is 0.485. The number of aromatic nitrogens is 4. The van der Waals surface area contributed by atoms with E-state index in [1.54, 1.807) is 9.25 Å². The van der Waals surface area contributed by atoms with Crippen LogP contribution in [0.4, 0.5) is 0 Å². The summed E-state index contributed by atoms with van der Waals surface area (Å²) in [4.78, 5) is 16.7. The summed E-state index contributed by atoms with van der Waals surface area (Å²) in [5.74, 6) is 0.798. The first-order chi connectivity index (χ1) is 7.68. The van der Waals surface area contributed by atoms with Gasteiger partial charge >= 0.3 is 0 Å². The number of nitrogens with one attached hydrogen (secondary N) is 1. The van der Waals surface area contributed by atoms with Crippen molar-refractivity contribution in [3.8, 4) is 0 Å². The largest absolute Gasteiger partial charge is 0.308 e. The van der Waals surface area contributed by atoms with E-state index in [0.717, 1.165) is 18.1 Å². The molecule has 0 atom stereocenters. The molecule has 6 nitrogen and oxygen atoms in total. The predicted molar refractivity (Wildman–Crippen MR) is 59.2 cm³/mol. The first-order valence-corrected chi connectivity index (χ1v) is 5.32. The third-order valence-corrected chi connectivity index (χ3v) is 2.99. The van der Waals surface area contributed by atoms with Gasteiger partial charge in [-0.2, -0.15) is 5.10 Å². The van der Waals surface area contributed by atoms with E-state index < -0.39 is 0 Å². The SMILES string of the molecule is Cc1nn(C)c2nc3n(c(=O)c12)CCNC3. The van der Waals surface area contributed by atoms with Crippen molar-refractivity contribution >= 4 is 11.0 Å². The van der Waals surface area contributed by atoms with Crippen molar-refractivity contribution in [2.24, 2.45) is 7.05 Å². The number of hydrogen-bond acceptors (Lipinski definition) is 4. The highest BCUT2D eigenvalue weighted by molar-refractivity contribution is 5.77. The first-order valence-electron chi connectivity index (χ1n) is 5.32. The Balaban J connectivity index is 2.46. The Labute approximate surface area is 91.9 Å². The highest BCUT2D eigenvalue weighted by Gasteiger charge is 2.18. The van der Waals surface area contributed by atoms with E-state index in [9.17, 15) is 4.79 Å². The fourth-order valence-electron chi connectivity index (χ4n) is 2.22. The normalized spacial score (nSPS) is 15.4. The predicted octanol–water partition coefficient (Wildman–Crippen LogP) is -0.458. The van der Waals surface area contributed by atoms with Crippen LogP contribution in [0.2, 0.25) is 0 Å². The maximum atomic E-state index is 12.2. The van der Waals surface area contributed by atoms with Crippen LogP contribution >= 0.6 is 0 Å². The molecular weight excluding hydrogens is 206 g/mol. The molecule has 1 N–H and O–H groups in total. The molecule has 6 heteroatoms. The molecule has 1 aliphatic heterocycles. The average Bonchev–Trinajstić information content (AvgIpc) is 2.55. The van der Waals surface area contributed by atoms with Crippen molar-refractivity contribution < 1.29 is 0 Å². The molecule has 0 spiro atoms. The molecule has 0 radical (unpaired) electrons. The minimum atomic E-state index is 0.0344. The molecule has 0 aromatic carbocycles. The summed E-state index contributed by atoms with van der Waals surface area (Å²) in [5.41, 5.74) is 1.47. The van der Waals surface area contributed by atoms with Gasteiger partial charge in [-0.25, -0.2) is 9.67 Å². The molecule has 16 heavy (non-hydrogen) atoms. The third kappa shape index (κ3) is 1.13. The lowest BCUT2D eigenvalue weighted by atomic mass is 10.3. The van der Waals surface area contributed by atoms with Gasteiger partial charge in [0.2, 0.25) is 0 Å². The molecule has 3 rings (SSSR count). The van der Waals surface area contributed by atoms with Crippen LogP contribution in [0.5, 0.6) is 0 Å². The van der Waals surface area contributed by atoms with Gasteiger partial charge in [-0.1, -0.05) is 0 Å². The van der Waals surface area contributed by atoms with Crippen LogP contribution in [-0.2, 0) is 20.1 Å². The molecular formula is C10H13N5O. The van der Waals surface area contributed by atoms with Crippen molar-refractivity contribution in [3.05, 3.63) is 21.9 Å². The topological polar surface area (TPSA) is 64.7 Å². The van der Waals surface area contributed by atoms with E-state index in [4.69, 9.17) is 0 Å². The van der Waals surface area contributed by atoms with Gasteiger partial charge in [-0.3, -0.25) is 9.36 Å². The zero-order chi connectivity index (χ0) is 11.3. The summed E-state index contributed by atoms with van der Waals surface area (Å²) in [5, 5.41) is 8.10. The van der Waals surface area contributed by atoms with Crippen molar-refractivity contribution in [2.45, 2.75) is 20.0 Å². The van der Waals surface area contributed by atoms with Gasteiger partial charge in [0.15, 0.2) is 5.65 Å². The fraction of sp³-hybridized carbons (Fsp3) is 0.500. The minimum Gasteiger partial charge on any atom is -0.308 e. The first kappa shape index (κ1) is 9.53. The van der Waals surface area contributed by atoms with Crippen LogP contribution in [0.25, 0.3) is 11.0 Å². The number of aryl methyl sites for hydroxylation is 2. The maximum Gasteiger partial charge on any atom is 0.265 e. The maximum absolute atomic E-state index is 12.2. The zero-order valence-electron chi connectivity index (χ0n) is 9.32. The molecule has 2 aromatic heterocycles. The zero-order valence-corrected chi connectivity index (χ0v) is 9.32. The third-order valence-electron chi connectivity index (χ3n) is 2.99. The lowest BCUT2D eigenvalue weighted by Crippen LogP contribution is -2.37. The summed E-state index contributed by atoms with van der Waals surface area (Å²) in [6, 6.07) is 0. The Morgan fingerprint density at radius 2 is 2.25 bits per heavy atom. The summed E-state index contributed by atoms with van der Waals surface area (Å²) < 4.78 is 3.41. The van der Waals surface area contributed by atoms with Crippen molar-refractivity contribution in [3.63, 3.8) is 0 Å². The van der Waals surface area contributed by atoms with Gasteiger partial charge in [-0.15, -0.1) is 0 Å². The summed E-state index contributed by atoms with van der Waals surface area (Å²) in [7, 11) is 1.81. The summed E-state index contributed by atoms with van der Waals surface area (Å²) in [6.45, 7) is 4.00. The molecule has 84 valence electrons.